The highest BCUT2D eigenvalue weighted by atomic mass is 16.4. The number of carbonyl (C=O) groups excluding carboxylic acids is 1. The van der Waals surface area contributed by atoms with E-state index in [1.54, 1.807) is 13.8 Å². The van der Waals surface area contributed by atoms with Crippen LogP contribution < -0.4 is 11.1 Å². The monoisotopic (exact) mass is 264 g/mol. The van der Waals surface area contributed by atoms with Crippen molar-refractivity contribution >= 4 is 11.9 Å². The molecule has 1 aromatic rings. The number of nitrogens with one attached hydrogen (secondary N) is 1. The van der Waals surface area contributed by atoms with E-state index in [0.717, 1.165) is 5.56 Å². The van der Waals surface area contributed by atoms with Crippen molar-refractivity contribution in [1.82, 2.24) is 5.32 Å². The molecule has 0 spiro atoms. The molecule has 0 saturated carbocycles. The summed E-state index contributed by atoms with van der Waals surface area (Å²) in [5.74, 6) is -1.40. The largest absolute Gasteiger partial charge is 0.480 e. The zero-order valence-corrected chi connectivity index (χ0v) is 11.2. The first-order valence-electron chi connectivity index (χ1n) is 6.14. The Morgan fingerprint density at radius 2 is 1.89 bits per heavy atom. The third-order valence-electron chi connectivity index (χ3n) is 3.01. The zero-order valence-electron chi connectivity index (χ0n) is 11.2. The Hall–Kier alpha value is -1.88. The van der Waals surface area contributed by atoms with Crippen LogP contribution in [0.25, 0.3) is 0 Å². The van der Waals surface area contributed by atoms with Gasteiger partial charge in [-0.15, -0.1) is 0 Å². The van der Waals surface area contributed by atoms with E-state index < -0.39 is 17.4 Å². The van der Waals surface area contributed by atoms with Gasteiger partial charge in [0.05, 0.1) is 5.41 Å². The van der Waals surface area contributed by atoms with Gasteiger partial charge in [-0.3, -0.25) is 4.79 Å². The number of carboxylic acids is 1. The van der Waals surface area contributed by atoms with Crippen molar-refractivity contribution in [3.05, 3.63) is 35.9 Å². The van der Waals surface area contributed by atoms with Crippen molar-refractivity contribution in [1.29, 1.82) is 0 Å². The second kappa shape index (κ2) is 6.33. The molecule has 5 nitrogen and oxygen atoms in total. The number of carbonyl (C=O) groups is 2. The lowest BCUT2D eigenvalue weighted by molar-refractivity contribution is -0.143. The molecule has 0 aliphatic rings. The van der Waals surface area contributed by atoms with Crippen molar-refractivity contribution < 1.29 is 14.7 Å². The summed E-state index contributed by atoms with van der Waals surface area (Å²) in [6.45, 7) is 3.53. The van der Waals surface area contributed by atoms with Gasteiger partial charge in [-0.25, -0.2) is 4.79 Å². The number of amides is 1. The highest BCUT2D eigenvalue weighted by Crippen LogP contribution is 2.13. The first-order valence-corrected chi connectivity index (χ1v) is 6.14. The highest BCUT2D eigenvalue weighted by molar-refractivity contribution is 5.87. The van der Waals surface area contributed by atoms with Crippen molar-refractivity contribution in [2.75, 3.05) is 6.54 Å². The molecule has 0 fully saturated rings. The van der Waals surface area contributed by atoms with E-state index in [0.29, 0.717) is 0 Å². The molecule has 1 rings (SSSR count). The average molecular weight is 264 g/mol. The van der Waals surface area contributed by atoms with Gasteiger partial charge in [0.25, 0.3) is 0 Å². The number of rotatable bonds is 6. The minimum Gasteiger partial charge on any atom is -0.480 e. The molecule has 104 valence electrons. The van der Waals surface area contributed by atoms with Crippen LogP contribution in [0.1, 0.15) is 19.4 Å². The number of hydrogen-bond acceptors (Lipinski definition) is 3. The summed E-state index contributed by atoms with van der Waals surface area (Å²) in [6.07, 6.45) is 0.253. The minimum absolute atomic E-state index is 0.163. The van der Waals surface area contributed by atoms with Gasteiger partial charge in [0.15, 0.2) is 0 Å². The first kappa shape index (κ1) is 15.2. The average Bonchev–Trinajstić information content (AvgIpc) is 2.38. The van der Waals surface area contributed by atoms with Gasteiger partial charge >= 0.3 is 5.97 Å². The number of carboxylic acid groups (broad SMARTS) is 1. The number of hydrogen-bond donors (Lipinski definition) is 3. The Bertz CT molecular complexity index is 443. The molecule has 1 atom stereocenters. The molecule has 4 N–H and O–H groups in total. The molecule has 1 aromatic carbocycles. The summed E-state index contributed by atoms with van der Waals surface area (Å²) in [5, 5.41) is 11.7. The van der Waals surface area contributed by atoms with Crippen LogP contribution in [-0.2, 0) is 16.0 Å². The number of benzene rings is 1. The molecular weight excluding hydrogens is 244 g/mol. The van der Waals surface area contributed by atoms with Crippen LogP contribution in [0.4, 0.5) is 0 Å². The van der Waals surface area contributed by atoms with Crippen molar-refractivity contribution in [2.45, 2.75) is 26.3 Å². The topological polar surface area (TPSA) is 92.4 Å². The lowest BCUT2D eigenvalue weighted by atomic mass is 9.92. The number of nitrogens with two attached hydrogens (primary N) is 1. The highest BCUT2D eigenvalue weighted by Gasteiger charge is 2.30. The van der Waals surface area contributed by atoms with Crippen LogP contribution in [0, 0.1) is 5.41 Å². The minimum atomic E-state index is -1.05. The zero-order chi connectivity index (χ0) is 14.5. The van der Waals surface area contributed by atoms with Gasteiger partial charge in [-0.05, 0) is 19.4 Å². The molecule has 1 amide bonds. The van der Waals surface area contributed by atoms with Crippen molar-refractivity contribution in [3.63, 3.8) is 0 Å². The lowest BCUT2D eigenvalue weighted by Gasteiger charge is -2.24. The molecule has 5 heteroatoms. The van der Waals surface area contributed by atoms with Crippen molar-refractivity contribution in [3.8, 4) is 0 Å². The fraction of sp³-hybridized carbons (Fsp3) is 0.429. The van der Waals surface area contributed by atoms with Crippen LogP contribution >= 0.6 is 0 Å². The standard InChI is InChI=1S/C14H20N2O3/c1-14(2,9-15)13(19)16-11(12(17)18)8-10-6-4-3-5-7-10/h3-7,11H,8-9,15H2,1-2H3,(H,16,19)(H,17,18)/t11-/m0/s1. The first-order chi connectivity index (χ1) is 8.86. The van der Waals surface area contributed by atoms with Crippen LogP contribution in [0.15, 0.2) is 30.3 Å². The van der Waals surface area contributed by atoms with Crippen LogP contribution in [0.3, 0.4) is 0 Å². The van der Waals surface area contributed by atoms with Crippen molar-refractivity contribution in [2.24, 2.45) is 11.1 Å². The smallest absolute Gasteiger partial charge is 0.326 e. The number of aliphatic carboxylic acids is 1. The molecule has 19 heavy (non-hydrogen) atoms. The summed E-state index contributed by atoms with van der Waals surface area (Å²) >= 11 is 0. The van der Waals surface area contributed by atoms with E-state index in [4.69, 9.17) is 5.73 Å². The maximum absolute atomic E-state index is 11.9. The van der Waals surface area contributed by atoms with E-state index in [9.17, 15) is 14.7 Å². The maximum atomic E-state index is 11.9. The summed E-state index contributed by atoms with van der Waals surface area (Å²) in [6, 6.07) is 8.24. The molecule has 0 radical (unpaired) electrons. The molecular formula is C14H20N2O3. The summed E-state index contributed by atoms with van der Waals surface area (Å²) in [7, 11) is 0. The summed E-state index contributed by atoms with van der Waals surface area (Å²) < 4.78 is 0. The Morgan fingerprint density at radius 1 is 1.32 bits per heavy atom. The second-order valence-electron chi connectivity index (χ2n) is 5.14. The van der Waals surface area contributed by atoms with Crippen LogP contribution in [0.2, 0.25) is 0 Å². The van der Waals surface area contributed by atoms with Gasteiger partial charge in [0, 0.05) is 13.0 Å². The van der Waals surface area contributed by atoms with Crippen LogP contribution in [0.5, 0.6) is 0 Å². The molecule has 0 heterocycles. The fourth-order valence-electron chi connectivity index (χ4n) is 1.50. The van der Waals surface area contributed by atoms with Gasteiger partial charge in [0.2, 0.25) is 5.91 Å². The fourth-order valence-corrected chi connectivity index (χ4v) is 1.50. The normalized spacial score (nSPS) is 12.8. The van der Waals surface area contributed by atoms with Gasteiger partial charge in [-0.2, -0.15) is 0 Å². The summed E-state index contributed by atoms with van der Waals surface area (Å²) in [5.41, 5.74) is 5.59. The molecule has 0 bridgehead atoms. The quantitative estimate of drug-likeness (QED) is 0.708. The second-order valence-corrected chi connectivity index (χ2v) is 5.14. The van der Waals surface area contributed by atoms with E-state index >= 15 is 0 Å². The van der Waals surface area contributed by atoms with Gasteiger partial charge in [0.1, 0.15) is 6.04 Å². The Morgan fingerprint density at radius 3 is 2.37 bits per heavy atom. The lowest BCUT2D eigenvalue weighted by Crippen LogP contribution is -2.49. The Kier molecular flexibility index (Phi) is 5.06. The molecule has 0 saturated heterocycles. The summed E-state index contributed by atoms with van der Waals surface area (Å²) in [4.78, 5) is 23.2. The molecule has 0 aromatic heterocycles. The van der Waals surface area contributed by atoms with E-state index in [2.05, 4.69) is 5.32 Å². The SMILES string of the molecule is CC(C)(CN)C(=O)N[C@@H](Cc1ccccc1)C(=O)O. The van der Waals surface area contributed by atoms with Gasteiger partial charge < -0.3 is 16.2 Å². The maximum Gasteiger partial charge on any atom is 0.326 e. The van der Waals surface area contributed by atoms with E-state index in [1.807, 2.05) is 30.3 Å². The third-order valence-corrected chi connectivity index (χ3v) is 3.01. The van der Waals surface area contributed by atoms with Crippen LogP contribution in [-0.4, -0.2) is 29.6 Å². The predicted molar refractivity (Wildman–Crippen MR) is 72.5 cm³/mol. The van der Waals surface area contributed by atoms with Gasteiger partial charge in [-0.1, -0.05) is 30.3 Å². The third kappa shape index (κ3) is 4.37. The Labute approximate surface area is 112 Å². The predicted octanol–water partition coefficient (Wildman–Crippen LogP) is 0.783. The van der Waals surface area contributed by atoms with E-state index in [1.165, 1.54) is 0 Å². The molecule has 0 aliphatic carbocycles. The molecule has 0 aliphatic heterocycles. The van der Waals surface area contributed by atoms with E-state index in [-0.39, 0.29) is 18.9 Å². The molecule has 0 unspecified atom stereocenters. The Balaban J connectivity index is 2.75.